The van der Waals surface area contributed by atoms with Gasteiger partial charge in [0.1, 0.15) is 0 Å². The quantitative estimate of drug-likeness (QED) is 0.194. The van der Waals surface area contributed by atoms with E-state index >= 15 is 0 Å². The summed E-state index contributed by atoms with van der Waals surface area (Å²) < 4.78 is 29.1. The van der Waals surface area contributed by atoms with E-state index in [1.165, 1.54) is 46.0 Å². The van der Waals surface area contributed by atoms with Crippen molar-refractivity contribution >= 4 is 32.4 Å². The van der Waals surface area contributed by atoms with Crippen LogP contribution in [-0.2, 0) is 30.2 Å². The Kier molecular flexibility index (Phi) is 6.33. The molecule has 3 aromatic heterocycles. The molecule has 0 aliphatic heterocycles. The van der Waals surface area contributed by atoms with Gasteiger partial charge < -0.3 is 4.98 Å². The molecule has 0 atom stereocenters. The minimum Gasteiger partial charge on any atom is -0.310 e. The number of nitrogens with zero attached hydrogens (tertiary/aromatic N) is 2. The molecule has 0 unspecified atom stereocenters. The van der Waals surface area contributed by atoms with E-state index in [4.69, 9.17) is 9.54 Å². The maximum atomic E-state index is 10.3. The van der Waals surface area contributed by atoms with E-state index in [1.54, 1.807) is 17.4 Å². The van der Waals surface area contributed by atoms with Crippen LogP contribution >= 0.6 is 11.3 Å². The van der Waals surface area contributed by atoms with Gasteiger partial charge in [0.2, 0.25) is 0 Å². The van der Waals surface area contributed by atoms with Gasteiger partial charge in [0, 0.05) is 31.7 Å². The molecule has 0 fully saturated rings. The van der Waals surface area contributed by atoms with Crippen LogP contribution in [0.3, 0.4) is 0 Å². The predicted molar refractivity (Wildman–Crippen MR) is 122 cm³/mol. The van der Waals surface area contributed by atoms with E-state index < -0.39 is 10.1 Å². The molecule has 161 valence electrons. The maximum Gasteiger partial charge on any atom is 0.312 e. The fourth-order valence-electron chi connectivity index (χ4n) is 3.67. The Morgan fingerprint density at radius 3 is 2.22 bits per heavy atom. The number of benzene rings is 2. The third kappa shape index (κ3) is 4.16. The Bertz CT molecular complexity index is 1500. The SMILES string of the molecule is O=S(=O)(O)c1ccccn1.[Ir].[c-]1ccsc1-c1cc2c3c(cccc3n1)-c1ccccc1-2. The molecule has 6 rings (SSSR count). The molecule has 1 aliphatic carbocycles. The third-order valence-electron chi connectivity index (χ3n) is 4.94. The monoisotopic (exact) mass is 636 g/mol. The molecule has 1 aliphatic rings. The molecule has 3 heterocycles. The second kappa shape index (κ2) is 9.02. The molecule has 32 heavy (non-hydrogen) atoms. The molecule has 5 aromatic rings. The Morgan fingerprint density at radius 2 is 1.59 bits per heavy atom. The van der Waals surface area contributed by atoms with Crippen molar-refractivity contribution in [1.29, 1.82) is 0 Å². The number of aromatic nitrogens is 2. The summed E-state index contributed by atoms with van der Waals surface area (Å²) in [6.07, 6.45) is 1.29. The smallest absolute Gasteiger partial charge is 0.310 e. The van der Waals surface area contributed by atoms with Crippen LogP contribution in [0.5, 0.6) is 0 Å². The molecule has 0 bridgehead atoms. The molecular weight excluding hydrogens is 621 g/mol. The van der Waals surface area contributed by atoms with Crippen LogP contribution in [-0.4, -0.2) is 22.9 Å². The van der Waals surface area contributed by atoms with Gasteiger partial charge in [-0.2, -0.15) is 20.6 Å². The van der Waals surface area contributed by atoms with Crippen LogP contribution in [0.15, 0.2) is 89.4 Å². The van der Waals surface area contributed by atoms with Gasteiger partial charge >= 0.3 is 10.1 Å². The summed E-state index contributed by atoms with van der Waals surface area (Å²) in [4.78, 5) is 9.35. The Hall–Kier alpha value is -2.74. The fraction of sp³-hybridized carbons (Fsp3) is 0. The van der Waals surface area contributed by atoms with Crippen molar-refractivity contribution in [2.24, 2.45) is 0 Å². The first-order chi connectivity index (χ1) is 15.0. The summed E-state index contributed by atoms with van der Waals surface area (Å²) in [7, 11) is -4.11. The maximum absolute atomic E-state index is 10.3. The Morgan fingerprint density at radius 1 is 0.875 bits per heavy atom. The number of rotatable bonds is 2. The second-order valence-electron chi connectivity index (χ2n) is 6.84. The van der Waals surface area contributed by atoms with E-state index in [0.29, 0.717) is 0 Å². The number of pyridine rings is 2. The number of hydrogen-bond acceptors (Lipinski definition) is 5. The molecule has 0 saturated carbocycles. The number of fused-ring (bicyclic) bond motifs is 3. The van der Waals surface area contributed by atoms with Crippen molar-refractivity contribution < 1.29 is 33.1 Å². The summed E-state index contributed by atoms with van der Waals surface area (Å²) in [5.74, 6) is 0. The average molecular weight is 636 g/mol. The summed E-state index contributed by atoms with van der Waals surface area (Å²) in [5.41, 5.74) is 7.30. The summed E-state index contributed by atoms with van der Waals surface area (Å²) in [6, 6.07) is 26.7. The van der Waals surface area contributed by atoms with Gasteiger partial charge in [-0.15, -0.1) is 5.38 Å². The average Bonchev–Trinajstić information content (AvgIpc) is 3.43. The zero-order valence-corrected chi connectivity index (χ0v) is 20.4. The molecule has 2 aromatic carbocycles. The Balaban J connectivity index is 0.000000191. The van der Waals surface area contributed by atoms with Gasteiger partial charge in [0.15, 0.2) is 5.03 Å². The van der Waals surface area contributed by atoms with Crippen molar-refractivity contribution in [1.82, 2.24) is 9.97 Å². The minimum absolute atomic E-state index is 0. The van der Waals surface area contributed by atoms with Crippen molar-refractivity contribution in [2.75, 3.05) is 0 Å². The summed E-state index contributed by atoms with van der Waals surface area (Å²) >= 11 is 1.68. The van der Waals surface area contributed by atoms with Crippen molar-refractivity contribution in [3.63, 3.8) is 0 Å². The van der Waals surface area contributed by atoms with Gasteiger partial charge in [-0.05, 0) is 46.1 Å². The molecule has 5 nitrogen and oxygen atoms in total. The zero-order valence-electron chi connectivity index (χ0n) is 16.4. The Labute approximate surface area is 202 Å². The fourth-order valence-corrected chi connectivity index (χ4v) is 4.75. The largest absolute Gasteiger partial charge is 0.312 e. The normalized spacial score (nSPS) is 11.3. The number of hydrogen-bond donors (Lipinski definition) is 1. The molecule has 0 amide bonds. The first-order valence-corrected chi connectivity index (χ1v) is 11.7. The van der Waals surface area contributed by atoms with E-state index in [9.17, 15) is 8.42 Å². The van der Waals surface area contributed by atoms with E-state index in [2.05, 4.69) is 59.6 Å². The molecule has 0 saturated heterocycles. The predicted octanol–water partition coefficient (Wildman–Crippen LogP) is 5.74. The van der Waals surface area contributed by atoms with E-state index in [0.717, 1.165) is 16.1 Å². The van der Waals surface area contributed by atoms with Gasteiger partial charge in [-0.1, -0.05) is 53.4 Å². The van der Waals surface area contributed by atoms with Gasteiger partial charge in [-0.25, -0.2) is 16.3 Å². The summed E-state index contributed by atoms with van der Waals surface area (Å²) in [6.45, 7) is 0. The second-order valence-corrected chi connectivity index (χ2v) is 9.12. The minimum atomic E-state index is -4.11. The first kappa shape index (κ1) is 22.5. The molecule has 1 N–H and O–H groups in total. The standard InChI is InChI=1S/C19H10NS.C5H5NO3S.Ir/c1-2-6-13-12(5-1)14-7-3-8-16-19(14)15(13)11-17(20-16)18-9-4-10-21-18;7-10(8,9)5-3-1-2-4-6-5;/h1-8,10-11H;1-4H,(H,7,8,9);/q-1;;. The zero-order chi connectivity index (χ0) is 21.4. The molecular formula is C24H15IrN2O3S2-. The van der Waals surface area contributed by atoms with Gasteiger partial charge in [0.05, 0.1) is 5.52 Å². The van der Waals surface area contributed by atoms with Crippen LogP contribution in [0.1, 0.15) is 0 Å². The molecule has 8 heteroatoms. The van der Waals surface area contributed by atoms with Crippen molar-refractivity contribution in [3.05, 3.63) is 90.4 Å². The van der Waals surface area contributed by atoms with E-state index in [-0.39, 0.29) is 25.1 Å². The van der Waals surface area contributed by atoms with Crippen LogP contribution in [0.2, 0.25) is 0 Å². The first-order valence-electron chi connectivity index (χ1n) is 9.40. The van der Waals surface area contributed by atoms with Crippen molar-refractivity contribution in [3.8, 4) is 32.8 Å². The van der Waals surface area contributed by atoms with E-state index in [1.807, 2.05) is 11.4 Å². The van der Waals surface area contributed by atoms with Crippen molar-refractivity contribution in [2.45, 2.75) is 5.03 Å². The topological polar surface area (TPSA) is 80.2 Å². The molecule has 1 radical (unpaired) electrons. The van der Waals surface area contributed by atoms with Crippen LogP contribution in [0, 0.1) is 6.07 Å². The number of thiophene rings is 1. The summed E-state index contributed by atoms with van der Waals surface area (Å²) in [5, 5.41) is 3.00. The van der Waals surface area contributed by atoms with Gasteiger partial charge in [0.25, 0.3) is 0 Å². The van der Waals surface area contributed by atoms with Crippen LogP contribution in [0.25, 0.3) is 43.7 Å². The van der Waals surface area contributed by atoms with Gasteiger partial charge in [-0.3, -0.25) is 4.55 Å². The molecule has 0 spiro atoms. The van der Waals surface area contributed by atoms with Crippen LogP contribution in [0.4, 0.5) is 0 Å². The third-order valence-corrected chi connectivity index (χ3v) is 6.55. The van der Waals surface area contributed by atoms with Crippen LogP contribution < -0.4 is 0 Å².